The molecule has 0 aliphatic heterocycles. The average molecular weight is 539 g/mol. The minimum absolute atomic E-state index is 0.298. The molecule has 0 radical (unpaired) electrons. The maximum atomic E-state index is 12.8. The summed E-state index contributed by atoms with van der Waals surface area (Å²) < 4.78 is 14.0. The van der Waals surface area contributed by atoms with E-state index in [2.05, 4.69) is 26.5 Å². The van der Waals surface area contributed by atoms with Crippen LogP contribution in [0.4, 0.5) is 0 Å². The number of methoxy groups -OCH3 is 1. The Bertz CT molecular complexity index is 1320. The summed E-state index contributed by atoms with van der Waals surface area (Å²) in [6.07, 6.45) is 5.31. The molecule has 172 valence electrons. The second-order valence-corrected chi connectivity index (χ2v) is 8.47. The van der Waals surface area contributed by atoms with Crippen LogP contribution in [0, 0.1) is 0 Å². The van der Waals surface area contributed by atoms with Crippen LogP contribution in [-0.2, 0) is 6.61 Å². The molecule has 0 spiro atoms. The summed E-state index contributed by atoms with van der Waals surface area (Å²) in [7, 11) is 1.56. The number of aromatic nitrogens is 1. The Balaban J connectivity index is 1.47. The van der Waals surface area contributed by atoms with Gasteiger partial charge in [-0.05, 0) is 58.4 Å². The summed E-state index contributed by atoms with van der Waals surface area (Å²) in [6, 6.07) is 22.2. The summed E-state index contributed by atoms with van der Waals surface area (Å²) in [4.78, 5) is 12.8. The van der Waals surface area contributed by atoms with E-state index in [0.29, 0.717) is 34.3 Å². The van der Waals surface area contributed by atoms with Crippen molar-refractivity contribution >= 4 is 39.7 Å². The molecule has 0 fully saturated rings. The molecule has 1 heterocycles. The second kappa shape index (κ2) is 11.0. The highest BCUT2D eigenvalue weighted by atomic mass is 79.9. The van der Waals surface area contributed by atoms with Gasteiger partial charge in [-0.1, -0.05) is 41.9 Å². The van der Waals surface area contributed by atoms with Gasteiger partial charge in [0.25, 0.3) is 5.91 Å². The number of hydrogen-bond acceptors (Lipinski definition) is 4. The van der Waals surface area contributed by atoms with Crippen LogP contribution >= 0.6 is 27.5 Å². The summed E-state index contributed by atoms with van der Waals surface area (Å²) in [5, 5.41) is 4.77. The molecule has 34 heavy (non-hydrogen) atoms. The molecule has 0 bridgehead atoms. The zero-order valence-electron chi connectivity index (χ0n) is 18.2. The van der Waals surface area contributed by atoms with Crippen molar-refractivity contribution < 1.29 is 14.3 Å². The van der Waals surface area contributed by atoms with Crippen molar-refractivity contribution in [2.75, 3.05) is 7.11 Å². The van der Waals surface area contributed by atoms with Gasteiger partial charge in [0.05, 0.1) is 24.6 Å². The van der Waals surface area contributed by atoms with Crippen LogP contribution in [0.25, 0.3) is 5.69 Å². The van der Waals surface area contributed by atoms with Crippen molar-refractivity contribution in [1.82, 2.24) is 9.99 Å². The fourth-order valence-electron chi connectivity index (χ4n) is 3.30. The number of hydrazone groups is 1. The van der Waals surface area contributed by atoms with Gasteiger partial charge in [-0.15, -0.1) is 0 Å². The predicted octanol–water partition coefficient (Wildman–Crippen LogP) is 6.24. The number of para-hydroxylation sites is 1. The lowest BCUT2D eigenvalue weighted by Crippen LogP contribution is -2.19. The van der Waals surface area contributed by atoms with Gasteiger partial charge in [-0.3, -0.25) is 4.79 Å². The standard InChI is InChI=1S/C26H21BrClN3O3/c1-33-24-14-19(21(27)15-25(24)34-17-18-8-2-4-10-22(18)28)16-29-30-26(32)20-9-3-5-11-23(20)31-12-6-7-13-31/h2-16H,17H2,1H3,(H,30,32)/b29-16+. The van der Waals surface area contributed by atoms with Crippen LogP contribution in [0.1, 0.15) is 21.5 Å². The van der Waals surface area contributed by atoms with Crippen molar-refractivity contribution in [2.24, 2.45) is 5.10 Å². The third-order valence-corrected chi connectivity index (χ3v) is 6.08. The van der Waals surface area contributed by atoms with Gasteiger partial charge < -0.3 is 14.0 Å². The summed E-state index contributed by atoms with van der Waals surface area (Å²) in [5.74, 6) is 0.764. The maximum absolute atomic E-state index is 12.8. The minimum atomic E-state index is -0.316. The molecule has 8 heteroatoms. The largest absolute Gasteiger partial charge is 0.493 e. The van der Waals surface area contributed by atoms with Gasteiger partial charge in [-0.2, -0.15) is 5.10 Å². The molecule has 4 aromatic rings. The highest BCUT2D eigenvalue weighted by molar-refractivity contribution is 9.10. The van der Waals surface area contributed by atoms with E-state index in [4.69, 9.17) is 21.1 Å². The van der Waals surface area contributed by atoms with Crippen molar-refractivity contribution in [3.8, 4) is 17.2 Å². The van der Waals surface area contributed by atoms with Gasteiger partial charge >= 0.3 is 0 Å². The molecule has 1 amide bonds. The van der Waals surface area contributed by atoms with Gasteiger partial charge in [0.15, 0.2) is 11.5 Å². The van der Waals surface area contributed by atoms with Crippen LogP contribution in [0.3, 0.4) is 0 Å². The lowest BCUT2D eigenvalue weighted by Gasteiger charge is -2.13. The summed E-state index contributed by atoms with van der Waals surface area (Å²) in [5.41, 5.74) is 5.45. The van der Waals surface area contributed by atoms with E-state index >= 15 is 0 Å². The Kier molecular flexibility index (Phi) is 7.67. The second-order valence-electron chi connectivity index (χ2n) is 7.21. The zero-order chi connectivity index (χ0) is 23.9. The molecule has 0 aliphatic rings. The van der Waals surface area contributed by atoms with Crippen molar-refractivity contribution in [3.63, 3.8) is 0 Å². The number of rotatable bonds is 8. The Hall–Kier alpha value is -3.55. The van der Waals surface area contributed by atoms with Gasteiger partial charge in [0.2, 0.25) is 0 Å². The highest BCUT2D eigenvalue weighted by Gasteiger charge is 2.13. The minimum Gasteiger partial charge on any atom is -0.493 e. The van der Waals surface area contributed by atoms with Crippen LogP contribution in [0.15, 0.2) is 94.8 Å². The van der Waals surface area contributed by atoms with Crippen molar-refractivity contribution in [2.45, 2.75) is 6.61 Å². The molecule has 6 nitrogen and oxygen atoms in total. The smallest absolute Gasteiger partial charge is 0.273 e. The van der Waals surface area contributed by atoms with Crippen LogP contribution in [-0.4, -0.2) is 23.8 Å². The topological polar surface area (TPSA) is 64.8 Å². The molecule has 1 N–H and O–H groups in total. The van der Waals surface area contributed by atoms with Crippen molar-refractivity contribution in [3.05, 3.63) is 111 Å². The molecule has 0 atom stereocenters. The van der Waals surface area contributed by atoms with E-state index in [1.807, 2.05) is 71.6 Å². The van der Waals surface area contributed by atoms with E-state index in [1.165, 1.54) is 0 Å². The average Bonchev–Trinajstić information content (AvgIpc) is 3.39. The van der Waals surface area contributed by atoms with Gasteiger partial charge in [0, 0.05) is 33.0 Å². The molecule has 4 rings (SSSR count). The molecular weight excluding hydrogens is 518 g/mol. The molecular formula is C26H21BrClN3O3. The monoisotopic (exact) mass is 537 g/mol. The molecule has 0 saturated heterocycles. The maximum Gasteiger partial charge on any atom is 0.273 e. The number of carbonyl (C=O) groups excluding carboxylic acids is 1. The van der Waals surface area contributed by atoms with Crippen LogP contribution < -0.4 is 14.9 Å². The summed E-state index contributed by atoms with van der Waals surface area (Å²) >= 11 is 9.74. The highest BCUT2D eigenvalue weighted by Crippen LogP contribution is 2.34. The third kappa shape index (κ3) is 5.50. The first kappa shape index (κ1) is 23.6. The van der Waals surface area contributed by atoms with Gasteiger partial charge in [0.1, 0.15) is 6.61 Å². The van der Waals surface area contributed by atoms with E-state index in [-0.39, 0.29) is 5.91 Å². The number of ether oxygens (including phenoxy) is 2. The van der Waals surface area contributed by atoms with Crippen molar-refractivity contribution in [1.29, 1.82) is 0 Å². The Labute approximate surface area is 210 Å². The van der Waals surface area contributed by atoms with E-state index < -0.39 is 0 Å². The molecule has 0 saturated carbocycles. The van der Waals surface area contributed by atoms with Gasteiger partial charge in [-0.25, -0.2) is 5.43 Å². The molecule has 3 aromatic carbocycles. The van der Waals surface area contributed by atoms with Crippen LogP contribution in [0.5, 0.6) is 11.5 Å². The number of benzene rings is 3. The fourth-order valence-corrected chi connectivity index (χ4v) is 3.91. The Morgan fingerprint density at radius 1 is 1.06 bits per heavy atom. The lowest BCUT2D eigenvalue weighted by atomic mass is 10.1. The number of nitrogens with one attached hydrogen (secondary N) is 1. The van der Waals surface area contributed by atoms with Crippen LogP contribution in [0.2, 0.25) is 5.02 Å². The number of halogens is 2. The fraction of sp³-hybridized carbons (Fsp3) is 0.0769. The first-order valence-electron chi connectivity index (χ1n) is 10.4. The number of amides is 1. The SMILES string of the molecule is COc1cc(/C=N/NC(=O)c2ccccc2-n2cccc2)c(Br)cc1OCc1ccccc1Cl. The Morgan fingerprint density at radius 2 is 1.79 bits per heavy atom. The molecule has 1 aromatic heterocycles. The predicted molar refractivity (Wildman–Crippen MR) is 137 cm³/mol. The first-order chi connectivity index (χ1) is 16.6. The van der Waals surface area contributed by atoms with E-state index in [1.54, 1.807) is 31.5 Å². The zero-order valence-corrected chi connectivity index (χ0v) is 20.6. The molecule has 0 unspecified atom stereocenters. The first-order valence-corrected chi connectivity index (χ1v) is 11.5. The summed E-state index contributed by atoms with van der Waals surface area (Å²) in [6.45, 7) is 0.298. The van der Waals surface area contributed by atoms with E-state index in [9.17, 15) is 4.79 Å². The number of nitrogens with zero attached hydrogens (tertiary/aromatic N) is 2. The number of hydrogen-bond donors (Lipinski definition) is 1. The third-order valence-electron chi connectivity index (χ3n) is 5.02. The Morgan fingerprint density at radius 3 is 2.56 bits per heavy atom. The quantitative estimate of drug-likeness (QED) is 0.213. The lowest BCUT2D eigenvalue weighted by molar-refractivity contribution is 0.0955. The van der Waals surface area contributed by atoms with E-state index in [0.717, 1.165) is 15.7 Å². The normalized spacial score (nSPS) is 10.9. The number of carbonyl (C=O) groups is 1. The molecule has 0 aliphatic carbocycles.